The molecule has 0 saturated carbocycles. The van der Waals surface area contributed by atoms with E-state index in [1.807, 2.05) is 28.8 Å². The molecule has 1 aliphatic heterocycles. The van der Waals surface area contributed by atoms with Gasteiger partial charge in [-0.25, -0.2) is 0 Å². The molecule has 0 spiro atoms. The minimum atomic E-state index is 0.160. The van der Waals surface area contributed by atoms with Crippen LogP contribution < -0.4 is 0 Å². The summed E-state index contributed by atoms with van der Waals surface area (Å²) in [5, 5.41) is 3.91. The fraction of sp³-hybridized carbons (Fsp3) is 0.450. The average Bonchev–Trinajstić information content (AvgIpc) is 3.16. The fourth-order valence-corrected chi connectivity index (χ4v) is 4.09. The SMILES string of the molecule is CN(C(=O)c1ccsc1)[C@H]1CCCN(CCCc2ccccc2)C1. The zero-order valence-electron chi connectivity index (χ0n) is 14.4. The number of benzene rings is 1. The normalized spacial score (nSPS) is 18.5. The Labute approximate surface area is 148 Å². The van der Waals surface area contributed by atoms with Crippen LogP contribution in [0.25, 0.3) is 0 Å². The van der Waals surface area contributed by atoms with E-state index in [1.165, 1.54) is 18.4 Å². The van der Waals surface area contributed by atoms with E-state index in [9.17, 15) is 4.79 Å². The molecular weight excluding hydrogens is 316 g/mol. The summed E-state index contributed by atoms with van der Waals surface area (Å²) >= 11 is 1.58. The molecule has 0 N–H and O–H groups in total. The summed E-state index contributed by atoms with van der Waals surface area (Å²) in [6.45, 7) is 3.28. The lowest BCUT2D eigenvalue weighted by molar-refractivity contribution is 0.0617. The van der Waals surface area contributed by atoms with E-state index in [0.29, 0.717) is 6.04 Å². The molecule has 1 fully saturated rings. The third-order valence-corrected chi connectivity index (χ3v) is 5.58. The zero-order valence-corrected chi connectivity index (χ0v) is 15.2. The van der Waals surface area contributed by atoms with Crippen molar-refractivity contribution in [1.29, 1.82) is 0 Å². The maximum absolute atomic E-state index is 12.5. The van der Waals surface area contributed by atoms with Crippen molar-refractivity contribution in [1.82, 2.24) is 9.80 Å². The molecule has 1 aliphatic rings. The summed E-state index contributed by atoms with van der Waals surface area (Å²) in [4.78, 5) is 17.0. The number of carbonyl (C=O) groups excluding carboxylic acids is 1. The molecule has 128 valence electrons. The minimum Gasteiger partial charge on any atom is -0.337 e. The summed E-state index contributed by atoms with van der Waals surface area (Å²) in [6.07, 6.45) is 4.60. The van der Waals surface area contributed by atoms with Crippen LogP contribution in [0.5, 0.6) is 0 Å². The van der Waals surface area contributed by atoms with Crippen LogP contribution in [0.15, 0.2) is 47.2 Å². The van der Waals surface area contributed by atoms with E-state index in [0.717, 1.165) is 38.0 Å². The number of nitrogens with zero attached hydrogens (tertiary/aromatic N) is 2. The standard InChI is InChI=1S/C20H26N2OS/c1-21(20(23)18-11-14-24-16-18)19-10-6-13-22(15-19)12-5-9-17-7-3-2-4-8-17/h2-4,7-8,11,14,16,19H,5-6,9-10,12-13,15H2,1H3/t19-/m0/s1. The van der Waals surface area contributed by atoms with Crippen LogP contribution in [-0.4, -0.2) is 48.4 Å². The van der Waals surface area contributed by atoms with Crippen molar-refractivity contribution in [3.05, 3.63) is 58.3 Å². The Hall–Kier alpha value is -1.65. The quantitative estimate of drug-likeness (QED) is 0.794. The van der Waals surface area contributed by atoms with Crippen molar-refractivity contribution < 1.29 is 4.79 Å². The second kappa shape index (κ2) is 8.45. The van der Waals surface area contributed by atoms with Crippen molar-refractivity contribution in [2.24, 2.45) is 0 Å². The third-order valence-electron chi connectivity index (χ3n) is 4.90. The fourth-order valence-electron chi connectivity index (χ4n) is 3.46. The smallest absolute Gasteiger partial charge is 0.254 e. The molecular formula is C20H26N2OS. The molecule has 0 bridgehead atoms. The first-order chi connectivity index (χ1) is 11.7. The Bertz CT molecular complexity index is 626. The number of piperidine rings is 1. The molecule has 0 radical (unpaired) electrons. The molecule has 24 heavy (non-hydrogen) atoms. The third kappa shape index (κ3) is 4.46. The molecule has 3 rings (SSSR count). The van der Waals surface area contributed by atoms with Gasteiger partial charge in [-0.15, -0.1) is 0 Å². The Morgan fingerprint density at radius 2 is 2.12 bits per heavy atom. The van der Waals surface area contributed by atoms with Crippen molar-refractivity contribution in [2.75, 3.05) is 26.7 Å². The maximum Gasteiger partial charge on any atom is 0.254 e. The van der Waals surface area contributed by atoms with Crippen molar-refractivity contribution in [3.8, 4) is 0 Å². The number of likely N-dealkylation sites (N-methyl/N-ethyl adjacent to an activating group) is 1. The lowest BCUT2D eigenvalue weighted by atomic mass is 10.0. The van der Waals surface area contributed by atoms with Gasteiger partial charge in [-0.2, -0.15) is 11.3 Å². The monoisotopic (exact) mass is 342 g/mol. The second-order valence-corrected chi connectivity index (χ2v) is 7.39. The highest BCUT2D eigenvalue weighted by Crippen LogP contribution is 2.18. The number of hydrogen-bond donors (Lipinski definition) is 0. The first-order valence-corrected chi connectivity index (χ1v) is 9.74. The molecule has 1 aromatic carbocycles. The minimum absolute atomic E-state index is 0.160. The summed E-state index contributed by atoms with van der Waals surface area (Å²) < 4.78 is 0. The van der Waals surface area contributed by atoms with Gasteiger partial charge in [0.05, 0.1) is 5.56 Å². The van der Waals surface area contributed by atoms with E-state index in [-0.39, 0.29) is 5.91 Å². The van der Waals surface area contributed by atoms with E-state index < -0.39 is 0 Å². The van der Waals surface area contributed by atoms with E-state index in [1.54, 1.807) is 11.3 Å². The van der Waals surface area contributed by atoms with Crippen LogP contribution in [0.4, 0.5) is 0 Å². The van der Waals surface area contributed by atoms with Gasteiger partial charge in [0.15, 0.2) is 0 Å². The number of amides is 1. The summed E-state index contributed by atoms with van der Waals surface area (Å²) in [7, 11) is 1.96. The van der Waals surface area contributed by atoms with Crippen LogP contribution in [0, 0.1) is 0 Å². The summed E-state index contributed by atoms with van der Waals surface area (Å²) in [5.41, 5.74) is 2.24. The highest BCUT2D eigenvalue weighted by Gasteiger charge is 2.26. The number of hydrogen-bond acceptors (Lipinski definition) is 3. The summed E-state index contributed by atoms with van der Waals surface area (Å²) in [6, 6.07) is 12.9. The predicted molar refractivity (Wildman–Crippen MR) is 101 cm³/mol. The van der Waals surface area contributed by atoms with Crippen molar-refractivity contribution in [2.45, 2.75) is 31.7 Å². The lowest BCUT2D eigenvalue weighted by Crippen LogP contribution is -2.48. The first-order valence-electron chi connectivity index (χ1n) is 8.79. The maximum atomic E-state index is 12.5. The molecule has 1 atom stereocenters. The molecule has 1 amide bonds. The van der Waals surface area contributed by atoms with Crippen LogP contribution in [0.2, 0.25) is 0 Å². The Balaban J connectivity index is 1.48. The molecule has 4 heteroatoms. The van der Waals surface area contributed by atoms with Gasteiger partial charge < -0.3 is 9.80 Å². The Morgan fingerprint density at radius 1 is 1.29 bits per heavy atom. The molecule has 3 nitrogen and oxygen atoms in total. The topological polar surface area (TPSA) is 23.6 Å². The van der Waals surface area contributed by atoms with Crippen LogP contribution >= 0.6 is 11.3 Å². The van der Waals surface area contributed by atoms with Crippen molar-refractivity contribution >= 4 is 17.2 Å². The number of thiophene rings is 1. The van der Waals surface area contributed by atoms with Gasteiger partial charge in [0.25, 0.3) is 5.91 Å². The van der Waals surface area contributed by atoms with Gasteiger partial charge in [-0.3, -0.25) is 4.79 Å². The number of likely N-dealkylation sites (tertiary alicyclic amines) is 1. The lowest BCUT2D eigenvalue weighted by Gasteiger charge is -2.37. The zero-order chi connectivity index (χ0) is 16.8. The van der Waals surface area contributed by atoms with Crippen LogP contribution in [0.1, 0.15) is 35.2 Å². The molecule has 2 heterocycles. The van der Waals surface area contributed by atoms with E-state index >= 15 is 0 Å². The van der Waals surface area contributed by atoms with Gasteiger partial charge in [0, 0.05) is 25.0 Å². The van der Waals surface area contributed by atoms with Crippen LogP contribution in [0.3, 0.4) is 0 Å². The van der Waals surface area contributed by atoms with Gasteiger partial charge >= 0.3 is 0 Å². The van der Waals surface area contributed by atoms with Gasteiger partial charge in [-0.1, -0.05) is 30.3 Å². The van der Waals surface area contributed by atoms with Crippen molar-refractivity contribution in [3.63, 3.8) is 0 Å². The Morgan fingerprint density at radius 3 is 2.88 bits per heavy atom. The molecule has 2 aromatic rings. The van der Waals surface area contributed by atoms with Crippen LogP contribution in [-0.2, 0) is 6.42 Å². The van der Waals surface area contributed by atoms with Gasteiger partial charge in [0.1, 0.15) is 0 Å². The Kier molecular flexibility index (Phi) is 6.05. The summed E-state index contributed by atoms with van der Waals surface area (Å²) in [5.74, 6) is 0.160. The number of aryl methyl sites for hydroxylation is 1. The average molecular weight is 343 g/mol. The highest BCUT2D eigenvalue weighted by molar-refractivity contribution is 7.08. The molecule has 0 unspecified atom stereocenters. The van der Waals surface area contributed by atoms with Gasteiger partial charge in [-0.05, 0) is 55.8 Å². The van der Waals surface area contributed by atoms with E-state index in [4.69, 9.17) is 0 Å². The second-order valence-electron chi connectivity index (χ2n) is 6.61. The van der Waals surface area contributed by atoms with Gasteiger partial charge in [0.2, 0.25) is 0 Å². The number of rotatable bonds is 6. The molecule has 1 aromatic heterocycles. The molecule has 0 aliphatic carbocycles. The first kappa shape index (κ1) is 17.2. The largest absolute Gasteiger partial charge is 0.337 e. The molecule has 1 saturated heterocycles. The van der Waals surface area contributed by atoms with E-state index in [2.05, 4.69) is 35.2 Å². The number of carbonyl (C=O) groups is 1. The predicted octanol–water partition coefficient (Wildman–Crippen LogP) is 3.92. The highest BCUT2D eigenvalue weighted by atomic mass is 32.1.